The van der Waals surface area contributed by atoms with Gasteiger partial charge in [-0.3, -0.25) is 9.48 Å². The molecule has 6 nitrogen and oxygen atoms in total. The number of nitrogen functional groups attached to an aromatic ring is 1. The average Bonchev–Trinajstić information content (AvgIpc) is 2.54. The fourth-order valence-corrected chi connectivity index (χ4v) is 2.22. The van der Waals surface area contributed by atoms with E-state index in [2.05, 4.69) is 0 Å². The topological polar surface area (TPSA) is 87.1 Å². The summed E-state index contributed by atoms with van der Waals surface area (Å²) in [5.41, 5.74) is 6.88. The molecule has 1 aromatic rings. The first-order valence-electron chi connectivity index (χ1n) is 5.31. The van der Waals surface area contributed by atoms with Crippen molar-refractivity contribution in [3.05, 3.63) is 34.3 Å². The largest absolute Gasteiger partial charge is 0.393 e. The Kier molecular flexibility index (Phi) is 3.00. The molecule has 2 N–H and O–H groups in total. The van der Waals surface area contributed by atoms with Crippen molar-refractivity contribution in [2.45, 2.75) is 13.3 Å². The van der Waals surface area contributed by atoms with Gasteiger partial charge in [0.05, 0.1) is 16.3 Å². The van der Waals surface area contributed by atoms with Crippen molar-refractivity contribution in [2.24, 2.45) is 7.05 Å². The molecule has 0 atom stereocenters. The van der Waals surface area contributed by atoms with Gasteiger partial charge in [0.15, 0.2) is 0 Å². The lowest BCUT2D eigenvalue weighted by Gasteiger charge is -2.11. The molecule has 1 heterocycles. The third-order valence-corrected chi connectivity index (χ3v) is 3.74. The van der Waals surface area contributed by atoms with Crippen LogP contribution in [0.15, 0.2) is 23.0 Å². The minimum atomic E-state index is -2.22. The molecule has 0 fully saturated rings. The highest BCUT2D eigenvalue weighted by atomic mass is 32.2. The van der Waals surface area contributed by atoms with Gasteiger partial charge in [-0.15, -0.1) is 0 Å². The molecule has 1 aromatic heterocycles. The summed E-state index contributed by atoms with van der Waals surface area (Å²) in [6, 6.07) is 0. The van der Waals surface area contributed by atoms with Gasteiger partial charge in [0.1, 0.15) is 5.69 Å². The van der Waals surface area contributed by atoms with Crippen LogP contribution in [0, 0.1) is 6.92 Å². The molecule has 7 heteroatoms. The van der Waals surface area contributed by atoms with Crippen molar-refractivity contribution < 1.29 is 8.42 Å². The molecule has 0 aliphatic heterocycles. The molecular formula is C11H13N3O3S. The van der Waals surface area contributed by atoms with E-state index < -0.39 is 10.3 Å². The second kappa shape index (κ2) is 4.34. The van der Waals surface area contributed by atoms with Crippen LogP contribution >= 0.6 is 0 Å². The maximum absolute atomic E-state index is 11.9. The fraction of sp³-hybridized carbons (Fsp3) is 0.273. The standard InChI is InChI=1S/C11H13N3O3S/c1-7-10(12)11(15)14(13(7)2)8-3-5-9(6-4-8)18(16)17/h3-5H,6,12H2,1-2H3. The van der Waals surface area contributed by atoms with Crippen LogP contribution < -0.4 is 11.3 Å². The Hall–Kier alpha value is -2.02. The van der Waals surface area contributed by atoms with Gasteiger partial charge in [-0.25, -0.2) is 4.68 Å². The number of nitrogens with two attached hydrogens (primary N) is 1. The SMILES string of the molecule is Cc1c(N)c(=O)n(C2=CCC(=S(=O)=O)C=C2)n1C. The molecule has 1 aliphatic rings. The Morgan fingerprint density at radius 1 is 1.33 bits per heavy atom. The summed E-state index contributed by atoms with van der Waals surface area (Å²) in [6.07, 6.45) is 5.04. The molecule has 1 aliphatic carbocycles. The maximum Gasteiger partial charge on any atom is 0.294 e. The highest BCUT2D eigenvalue weighted by molar-refractivity contribution is 7.73. The number of nitrogens with zero attached hydrogens (tertiary/aromatic N) is 2. The van der Waals surface area contributed by atoms with Crippen molar-refractivity contribution in [1.29, 1.82) is 0 Å². The first-order valence-corrected chi connectivity index (χ1v) is 6.38. The molecule has 0 bridgehead atoms. The zero-order valence-electron chi connectivity index (χ0n) is 10.0. The van der Waals surface area contributed by atoms with Gasteiger partial charge < -0.3 is 5.73 Å². The van der Waals surface area contributed by atoms with Crippen molar-refractivity contribution in [3.63, 3.8) is 0 Å². The Morgan fingerprint density at radius 3 is 2.39 bits per heavy atom. The summed E-state index contributed by atoms with van der Waals surface area (Å²) in [5.74, 6) is 0. The normalized spacial score (nSPS) is 14.8. The minimum Gasteiger partial charge on any atom is -0.393 e. The summed E-state index contributed by atoms with van der Waals surface area (Å²) in [6.45, 7) is 1.75. The van der Waals surface area contributed by atoms with Crippen LogP contribution in [-0.4, -0.2) is 22.6 Å². The Morgan fingerprint density at radius 2 is 2.00 bits per heavy atom. The number of aromatic nitrogens is 2. The van der Waals surface area contributed by atoms with Crippen LogP contribution in [0.1, 0.15) is 12.1 Å². The lowest BCUT2D eigenvalue weighted by molar-refractivity contribution is 0.627. The van der Waals surface area contributed by atoms with E-state index >= 15 is 0 Å². The number of hydrogen-bond acceptors (Lipinski definition) is 4. The Bertz CT molecular complexity index is 752. The van der Waals surface area contributed by atoms with Gasteiger partial charge in [0.2, 0.25) is 10.3 Å². The van der Waals surface area contributed by atoms with E-state index in [-0.39, 0.29) is 17.7 Å². The molecule has 0 saturated heterocycles. The fourth-order valence-electron chi connectivity index (χ4n) is 1.82. The predicted octanol–water partition coefficient (Wildman–Crippen LogP) is -0.0703. The zero-order valence-corrected chi connectivity index (χ0v) is 10.9. The number of anilines is 1. The van der Waals surface area contributed by atoms with Crippen LogP contribution in [0.2, 0.25) is 0 Å². The lowest BCUT2D eigenvalue weighted by Crippen LogP contribution is -2.22. The number of allylic oxidation sites excluding steroid dienone is 4. The molecule has 0 radical (unpaired) electrons. The van der Waals surface area contributed by atoms with E-state index in [1.165, 1.54) is 10.8 Å². The minimum absolute atomic E-state index is 0.203. The average molecular weight is 267 g/mol. The van der Waals surface area contributed by atoms with Gasteiger partial charge in [-0.05, 0) is 19.1 Å². The summed E-state index contributed by atoms with van der Waals surface area (Å²) in [5, 5.41) is 0. The van der Waals surface area contributed by atoms with Crippen LogP contribution in [-0.2, 0) is 17.3 Å². The molecular weight excluding hydrogens is 254 g/mol. The number of rotatable bonds is 1. The summed E-state index contributed by atoms with van der Waals surface area (Å²) in [7, 11) is -0.488. The Balaban J connectivity index is 2.55. The molecule has 2 rings (SSSR count). The van der Waals surface area contributed by atoms with E-state index in [4.69, 9.17) is 5.73 Å². The molecule has 96 valence electrons. The highest BCUT2D eigenvalue weighted by Gasteiger charge is 2.15. The van der Waals surface area contributed by atoms with Crippen molar-refractivity contribution in [1.82, 2.24) is 9.36 Å². The smallest absolute Gasteiger partial charge is 0.294 e. The summed E-state index contributed by atoms with van der Waals surface area (Å²) in [4.78, 5) is 12.2. The van der Waals surface area contributed by atoms with Gasteiger partial charge in [0, 0.05) is 13.5 Å². The van der Waals surface area contributed by atoms with E-state index in [1.54, 1.807) is 30.8 Å². The van der Waals surface area contributed by atoms with Crippen LogP contribution in [0.4, 0.5) is 5.69 Å². The monoisotopic (exact) mass is 267 g/mol. The van der Waals surface area contributed by atoms with E-state index in [1.807, 2.05) is 0 Å². The van der Waals surface area contributed by atoms with Crippen molar-refractivity contribution in [2.75, 3.05) is 5.73 Å². The van der Waals surface area contributed by atoms with Crippen molar-refractivity contribution in [3.8, 4) is 0 Å². The third-order valence-electron chi connectivity index (χ3n) is 3.01. The number of hydrogen-bond donors (Lipinski definition) is 1. The van der Waals surface area contributed by atoms with Gasteiger partial charge in [-0.1, -0.05) is 6.08 Å². The summed E-state index contributed by atoms with van der Waals surface area (Å²) < 4.78 is 24.6. The quantitative estimate of drug-likeness (QED) is 0.721. The molecule has 0 aromatic carbocycles. The second-order valence-electron chi connectivity index (χ2n) is 4.01. The molecule has 0 unspecified atom stereocenters. The van der Waals surface area contributed by atoms with Gasteiger partial charge in [-0.2, -0.15) is 8.42 Å². The van der Waals surface area contributed by atoms with E-state index in [9.17, 15) is 13.2 Å². The zero-order chi connectivity index (χ0) is 13.4. The van der Waals surface area contributed by atoms with Gasteiger partial charge in [0.25, 0.3) is 5.56 Å². The maximum atomic E-state index is 11.9. The summed E-state index contributed by atoms with van der Waals surface area (Å²) >= 11 is 0. The third kappa shape index (κ3) is 1.82. The molecule has 0 amide bonds. The van der Waals surface area contributed by atoms with Crippen LogP contribution in [0.3, 0.4) is 0 Å². The highest BCUT2D eigenvalue weighted by Crippen LogP contribution is 2.15. The predicted molar refractivity (Wildman–Crippen MR) is 70.8 cm³/mol. The molecule has 0 saturated carbocycles. The van der Waals surface area contributed by atoms with Gasteiger partial charge >= 0.3 is 0 Å². The second-order valence-corrected chi connectivity index (χ2v) is 5.00. The Labute approximate surface area is 105 Å². The first kappa shape index (κ1) is 12.4. The van der Waals surface area contributed by atoms with E-state index in [0.29, 0.717) is 16.3 Å². The molecule has 0 spiro atoms. The van der Waals surface area contributed by atoms with Crippen LogP contribution in [0.5, 0.6) is 0 Å². The van der Waals surface area contributed by atoms with Crippen molar-refractivity contribution >= 4 is 26.5 Å². The first-order chi connectivity index (χ1) is 8.43. The van der Waals surface area contributed by atoms with E-state index in [0.717, 1.165) is 0 Å². The molecule has 18 heavy (non-hydrogen) atoms. The lowest BCUT2D eigenvalue weighted by atomic mass is 10.1. The van der Waals surface area contributed by atoms with Crippen LogP contribution in [0.25, 0.3) is 5.70 Å².